The first-order valence-electron chi connectivity index (χ1n) is 5.96. The smallest absolute Gasteiger partial charge is 0.254 e. The maximum atomic E-state index is 12.1. The van der Waals surface area contributed by atoms with Crippen molar-refractivity contribution in [3.05, 3.63) is 22.4 Å². The second kappa shape index (κ2) is 5.97. The highest BCUT2D eigenvalue weighted by Gasteiger charge is 2.24. The number of nitrogens with zero attached hydrogens (tertiary/aromatic N) is 2. The SMILES string of the molecule is CNCC(=O)N1CCN(C(=O)c2ccsc2)CC1. The normalized spacial score (nSPS) is 15.8. The van der Waals surface area contributed by atoms with Crippen molar-refractivity contribution in [3.8, 4) is 0 Å². The number of hydrogen-bond donors (Lipinski definition) is 1. The molecule has 0 atom stereocenters. The Morgan fingerprint density at radius 1 is 1.28 bits per heavy atom. The van der Waals surface area contributed by atoms with E-state index in [0.717, 1.165) is 5.56 Å². The first-order valence-corrected chi connectivity index (χ1v) is 6.90. The molecule has 1 aromatic rings. The Morgan fingerprint density at radius 3 is 2.50 bits per heavy atom. The van der Waals surface area contributed by atoms with E-state index in [-0.39, 0.29) is 11.8 Å². The molecule has 18 heavy (non-hydrogen) atoms. The van der Waals surface area contributed by atoms with Gasteiger partial charge in [-0.05, 0) is 18.5 Å². The van der Waals surface area contributed by atoms with E-state index < -0.39 is 0 Å². The van der Waals surface area contributed by atoms with Crippen LogP contribution >= 0.6 is 11.3 Å². The van der Waals surface area contributed by atoms with Crippen LogP contribution < -0.4 is 5.32 Å². The first kappa shape index (κ1) is 13.0. The summed E-state index contributed by atoms with van der Waals surface area (Å²) in [6.07, 6.45) is 0. The van der Waals surface area contributed by atoms with Gasteiger partial charge < -0.3 is 15.1 Å². The van der Waals surface area contributed by atoms with Crippen molar-refractivity contribution in [2.24, 2.45) is 0 Å². The predicted octanol–water partition coefficient (Wildman–Crippen LogP) is 0.252. The van der Waals surface area contributed by atoms with Gasteiger partial charge in [0.05, 0.1) is 12.1 Å². The zero-order valence-corrected chi connectivity index (χ0v) is 11.2. The molecule has 5 nitrogen and oxygen atoms in total. The van der Waals surface area contributed by atoms with E-state index in [1.165, 1.54) is 11.3 Å². The largest absolute Gasteiger partial charge is 0.338 e. The van der Waals surface area contributed by atoms with Crippen molar-refractivity contribution in [1.29, 1.82) is 0 Å². The molecular formula is C12H17N3O2S. The van der Waals surface area contributed by atoms with Gasteiger partial charge in [0.15, 0.2) is 0 Å². The molecule has 1 saturated heterocycles. The summed E-state index contributed by atoms with van der Waals surface area (Å²) in [4.78, 5) is 27.4. The summed E-state index contributed by atoms with van der Waals surface area (Å²) in [7, 11) is 1.76. The third-order valence-corrected chi connectivity index (χ3v) is 3.70. The molecule has 0 saturated carbocycles. The summed E-state index contributed by atoms with van der Waals surface area (Å²) >= 11 is 1.52. The minimum atomic E-state index is 0.0666. The van der Waals surface area contributed by atoms with Crippen LogP contribution in [-0.4, -0.2) is 61.4 Å². The van der Waals surface area contributed by atoms with Crippen LogP contribution in [0.15, 0.2) is 16.8 Å². The molecule has 1 aliphatic heterocycles. The summed E-state index contributed by atoms with van der Waals surface area (Å²) in [5.74, 6) is 0.164. The van der Waals surface area contributed by atoms with Crippen LogP contribution in [0.3, 0.4) is 0 Å². The van der Waals surface area contributed by atoms with Gasteiger partial charge >= 0.3 is 0 Å². The molecular weight excluding hydrogens is 250 g/mol. The number of piperazine rings is 1. The molecule has 0 spiro atoms. The van der Waals surface area contributed by atoms with Gasteiger partial charge in [0, 0.05) is 31.6 Å². The Hall–Kier alpha value is -1.40. The average Bonchev–Trinajstić information content (AvgIpc) is 2.92. The van der Waals surface area contributed by atoms with Crippen LogP contribution in [0.25, 0.3) is 0 Å². The number of amides is 2. The maximum absolute atomic E-state index is 12.1. The Bertz CT molecular complexity index is 411. The fourth-order valence-electron chi connectivity index (χ4n) is 1.99. The highest BCUT2D eigenvalue weighted by molar-refractivity contribution is 7.08. The lowest BCUT2D eigenvalue weighted by molar-refractivity contribution is -0.131. The summed E-state index contributed by atoms with van der Waals surface area (Å²) in [6.45, 7) is 2.83. The maximum Gasteiger partial charge on any atom is 0.254 e. The number of thiophene rings is 1. The highest BCUT2D eigenvalue weighted by Crippen LogP contribution is 2.11. The summed E-state index contributed by atoms with van der Waals surface area (Å²) < 4.78 is 0. The molecule has 0 bridgehead atoms. The van der Waals surface area contributed by atoms with E-state index in [4.69, 9.17) is 0 Å². The van der Waals surface area contributed by atoms with Crippen LogP contribution in [0.1, 0.15) is 10.4 Å². The van der Waals surface area contributed by atoms with Gasteiger partial charge in [-0.1, -0.05) is 0 Å². The Balaban J connectivity index is 1.87. The third kappa shape index (κ3) is 2.88. The number of nitrogens with one attached hydrogen (secondary N) is 1. The standard InChI is InChI=1S/C12H17N3O2S/c1-13-8-11(16)14-3-5-15(6-4-14)12(17)10-2-7-18-9-10/h2,7,9,13H,3-6,8H2,1H3. The van der Waals surface area contributed by atoms with E-state index in [1.54, 1.807) is 11.9 Å². The van der Waals surface area contributed by atoms with Crippen molar-refractivity contribution in [2.45, 2.75) is 0 Å². The van der Waals surface area contributed by atoms with Gasteiger partial charge in [-0.25, -0.2) is 0 Å². The fourth-order valence-corrected chi connectivity index (χ4v) is 2.62. The Labute approximate surface area is 110 Å². The molecule has 0 radical (unpaired) electrons. The van der Waals surface area contributed by atoms with Crippen LogP contribution in [-0.2, 0) is 4.79 Å². The monoisotopic (exact) mass is 267 g/mol. The number of rotatable bonds is 3. The van der Waals surface area contributed by atoms with Crippen LogP contribution in [0, 0.1) is 0 Å². The molecule has 98 valence electrons. The second-order valence-electron chi connectivity index (χ2n) is 4.22. The lowest BCUT2D eigenvalue weighted by atomic mass is 10.2. The van der Waals surface area contributed by atoms with Gasteiger partial charge in [-0.3, -0.25) is 9.59 Å². The lowest BCUT2D eigenvalue weighted by Crippen LogP contribution is -2.52. The van der Waals surface area contributed by atoms with Crippen LogP contribution in [0.2, 0.25) is 0 Å². The van der Waals surface area contributed by atoms with Crippen molar-refractivity contribution in [2.75, 3.05) is 39.8 Å². The molecule has 1 fully saturated rings. The van der Waals surface area contributed by atoms with Crippen molar-refractivity contribution < 1.29 is 9.59 Å². The van der Waals surface area contributed by atoms with Crippen molar-refractivity contribution >= 4 is 23.2 Å². The van der Waals surface area contributed by atoms with Gasteiger partial charge in [0.2, 0.25) is 5.91 Å². The van der Waals surface area contributed by atoms with Gasteiger partial charge in [0.1, 0.15) is 0 Å². The number of carbonyl (C=O) groups excluding carboxylic acids is 2. The van der Waals surface area contributed by atoms with E-state index in [9.17, 15) is 9.59 Å². The van der Waals surface area contributed by atoms with Crippen molar-refractivity contribution in [3.63, 3.8) is 0 Å². The fraction of sp³-hybridized carbons (Fsp3) is 0.500. The summed E-state index contributed by atoms with van der Waals surface area (Å²) in [5, 5.41) is 6.62. The van der Waals surface area contributed by atoms with E-state index in [0.29, 0.717) is 32.7 Å². The number of likely N-dealkylation sites (N-methyl/N-ethyl adjacent to an activating group) is 1. The first-order chi connectivity index (χ1) is 8.72. The van der Waals surface area contributed by atoms with Gasteiger partial charge in [-0.15, -0.1) is 0 Å². The van der Waals surface area contributed by atoms with Crippen LogP contribution in [0.4, 0.5) is 0 Å². The average molecular weight is 267 g/mol. The van der Waals surface area contributed by atoms with Crippen LogP contribution in [0.5, 0.6) is 0 Å². The third-order valence-electron chi connectivity index (χ3n) is 3.02. The second-order valence-corrected chi connectivity index (χ2v) is 5.00. The summed E-state index contributed by atoms with van der Waals surface area (Å²) in [5.41, 5.74) is 0.745. The zero-order valence-electron chi connectivity index (χ0n) is 10.4. The molecule has 0 aromatic carbocycles. The van der Waals surface area contributed by atoms with Gasteiger partial charge in [0.25, 0.3) is 5.91 Å². The molecule has 1 N–H and O–H groups in total. The minimum absolute atomic E-state index is 0.0666. The molecule has 2 heterocycles. The minimum Gasteiger partial charge on any atom is -0.338 e. The van der Waals surface area contributed by atoms with E-state index in [2.05, 4.69) is 5.32 Å². The van der Waals surface area contributed by atoms with Gasteiger partial charge in [-0.2, -0.15) is 11.3 Å². The van der Waals surface area contributed by atoms with Crippen molar-refractivity contribution in [1.82, 2.24) is 15.1 Å². The molecule has 1 aromatic heterocycles. The Morgan fingerprint density at radius 2 is 1.94 bits per heavy atom. The molecule has 6 heteroatoms. The molecule has 2 amide bonds. The topological polar surface area (TPSA) is 52.7 Å². The molecule has 0 aliphatic carbocycles. The predicted molar refractivity (Wildman–Crippen MR) is 70.7 cm³/mol. The number of hydrogen-bond acceptors (Lipinski definition) is 4. The molecule has 1 aliphatic rings. The number of carbonyl (C=O) groups is 2. The van der Waals surface area contributed by atoms with E-state index in [1.807, 2.05) is 21.7 Å². The quantitative estimate of drug-likeness (QED) is 0.854. The summed E-state index contributed by atoms with van der Waals surface area (Å²) in [6, 6.07) is 1.84. The van der Waals surface area contributed by atoms with E-state index >= 15 is 0 Å². The molecule has 0 unspecified atom stereocenters. The Kier molecular flexibility index (Phi) is 4.33. The molecule has 2 rings (SSSR count). The highest BCUT2D eigenvalue weighted by atomic mass is 32.1. The lowest BCUT2D eigenvalue weighted by Gasteiger charge is -2.34. The zero-order chi connectivity index (χ0) is 13.0.